The molecule has 3 N–H and O–H groups in total. The Balaban J connectivity index is 3.48. The van der Waals surface area contributed by atoms with E-state index >= 15 is 0 Å². The average molecular weight is 1100 g/mol. The van der Waals surface area contributed by atoms with Gasteiger partial charge in [0, 0.05) is 6.42 Å². The van der Waals surface area contributed by atoms with Gasteiger partial charge in [0.2, 0.25) is 5.91 Å². The lowest BCUT2D eigenvalue weighted by Crippen LogP contribution is -2.45. The predicted molar refractivity (Wildman–Crippen MR) is 354 cm³/mol. The second kappa shape index (κ2) is 69.6. The van der Waals surface area contributed by atoms with Crippen LogP contribution >= 0.6 is 0 Å². The maximum Gasteiger partial charge on any atom is 0.220 e. The zero-order valence-corrected chi connectivity index (χ0v) is 52.9. The van der Waals surface area contributed by atoms with Crippen molar-refractivity contribution in [2.45, 2.75) is 366 Å². The highest BCUT2D eigenvalue weighted by Crippen LogP contribution is 2.18. The van der Waals surface area contributed by atoms with E-state index in [1.165, 1.54) is 263 Å². The van der Waals surface area contributed by atoms with Crippen molar-refractivity contribution >= 4 is 5.91 Å². The van der Waals surface area contributed by atoms with Crippen LogP contribution in [0.25, 0.3) is 0 Å². The van der Waals surface area contributed by atoms with Gasteiger partial charge in [0.1, 0.15) is 0 Å². The summed E-state index contributed by atoms with van der Waals surface area (Å²) in [7, 11) is 0. The molecule has 0 bridgehead atoms. The van der Waals surface area contributed by atoms with Crippen molar-refractivity contribution in [3.05, 3.63) is 97.2 Å². The minimum atomic E-state index is -0.875. The number of aliphatic hydroxyl groups excluding tert-OH is 2. The maximum absolute atomic E-state index is 12.5. The molecule has 0 saturated carbocycles. The molecule has 0 fully saturated rings. The minimum absolute atomic E-state index is 0.0737. The van der Waals surface area contributed by atoms with E-state index in [9.17, 15) is 15.0 Å². The lowest BCUT2D eigenvalue weighted by Gasteiger charge is -2.19. The van der Waals surface area contributed by atoms with Gasteiger partial charge in [-0.05, 0) is 89.9 Å². The smallest absolute Gasteiger partial charge is 0.220 e. The molecule has 0 heterocycles. The molecule has 0 aliphatic rings. The molecule has 0 saturated heterocycles. The standard InChI is InChI=1S/C75H135NO3/c1-3-5-7-9-11-13-15-17-19-21-23-25-27-29-31-33-34-35-36-37-38-39-40-41-42-43-45-47-49-51-53-55-57-59-61-63-65-67-69-71-75(79)76-73(72-77)74(78)70-68-66-64-62-60-58-56-54-52-50-48-46-44-32-30-28-26-24-22-20-18-16-14-12-10-8-6-4-2/h5,7,11,13,17,19,23,25,29,31,52,54,60,62,68,70,73-74,77-78H,3-4,6,8-10,12,14-16,18,20-22,24,26-28,30,32-51,53,55-59,61,63-67,69,71-72H2,1-2H3,(H,76,79)/b7-5-,13-11-,19-17-,25-23-,31-29-,54-52+,62-60+,70-68+. The third kappa shape index (κ3) is 66.0. The average Bonchev–Trinajstić information content (AvgIpc) is 3.45. The van der Waals surface area contributed by atoms with E-state index in [1.807, 2.05) is 6.08 Å². The van der Waals surface area contributed by atoms with E-state index in [0.29, 0.717) is 6.42 Å². The fourth-order valence-corrected chi connectivity index (χ4v) is 10.5. The summed E-state index contributed by atoms with van der Waals surface area (Å²) in [4.78, 5) is 12.5. The number of carbonyl (C=O) groups is 1. The monoisotopic (exact) mass is 1100 g/mol. The highest BCUT2D eigenvalue weighted by atomic mass is 16.3. The van der Waals surface area contributed by atoms with Gasteiger partial charge in [-0.15, -0.1) is 0 Å². The van der Waals surface area contributed by atoms with Gasteiger partial charge in [0.25, 0.3) is 0 Å². The Labute approximate surface area is 494 Å². The van der Waals surface area contributed by atoms with Crippen LogP contribution < -0.4 is 5.32 Å². The number of nitrogens with one attached hydrogen (secondary N) is 1. The highest BCUT2D eigenvalue weighted by Gasteiger charge is 2.18. The Bertz CT molecular complexity index is 1430. The molecule has 0 aromatic rings. The van der Waals surface area contributed by atoms with Crippen molar-refractivity contribution in [2.24, 2.45) is 0 Å². The molecule has 4 nitrogen and oxygen atoms in total. The number of carbonyl (C=O) groups excluding carboxylic acids is 1. The molecule has 0 aliphatic heterocycles. The van der Waals surface area contributed by atoms with Gasteiger partial charge in [0.15, 0.2) is 0 Å². The summed E-state index contributed by atoms with van der Waals surface area (Å²) < 4.78 is 0. The maximum atomic E-state index is 12.5. The molecule has 1 amide bonds. The van der Waals surface area contributed by atoms with Gasteiger partial charge in [-0.1, -0.05) is 355 Å². The van der Waals surface area contributed by atoms with Crippen LogP contribution in [0.1, 0.15) is 354 Å². The summed E-state index contributed by atoms with van der Waals surface area (Å²) in [6, 6.07) is -0.650. The molecule has 2 unspecified atom stereocenters. The number of rotatable bonds is 64. The first-order valence-electron chi connectivity index (χ1n) is 35.0. The molecular formula is C75H135NO3. The minimum Gasteiger partial charge on any atom is -0.394 e. The Kier molecular flexibility index (Phi) is 67.2. The number of allylic oxidation sites excluding steroid dienone is 15. The first-order chi connectivity index (χ1) is 39.2. The van der Waals surface area contributed by atoms with Crippen LogP contribution in [0.15, 0.2) is 97.2 Å². The molecule has 0 radical (unpaired) electrons. The van der Waals surface area contributed by atoms with Gasteiger partial charge < -0.3 is 15.5 Å². The zero-order valence-electron chi connectivity index (χ0n) is 52.9. The van der Waals surface area contributed by atoms with Crippen molar-refractivity contribution in [3.8, 4) is 0 Å². The molecule has 4 heteroatoms. The Hall–Kier alpha value is -2.69. The number of hydrogen-bond donors (Lipinski definition) is 3. The van der Waals surface area contributed by atoms with Crippen LogP contribution in [0.3, 0.4) is 0 Å². The van der Waals surface area contributed by atoms with Crippen molar-refractivity contribution in [3.63, 3.8) is 0 Å². The van der Waals surface area contributed by atoms with Crippen LogP contribution in [0, 0.1) is 0 Å². The largest absolute Gasteiger partial charge is 0.394 e. The summed E-state index contributed by atoms with van der Waals surface area (Å²) >= 11 is 0. The second-order valence-electron chi connectivity index (χ2n) is 23.6. The summed E-state index contributed by atoms with van der Waals surface area (Å²) in [5, 5.41) is 23.3. The number of hydrogen-bond acceptors (Lipinski definition) is 3. The molecule has 0 rings (SSSR count). The van der Waals surface area contributed by atoms with Crippen LogP contribution in [-0.2, 0) is 4.79 Å². The third-order valence-electron chi connectivity index (χ3n) is 15.8. The fraction of sp³-hybridized carbons (Fsp3) is 0.773. The Morgan fingerprint density at radius 1 is 0.316 bits per heavy atom. The molecule has 0 aliphatic carbocycles. The molecule has 0 spiro atoms. The van der Waals surface area contributed by atoms with Crippen LogP contribution in [0.4, 0.5) is 0 Å². The van der Waals surface area contributed by atoms with Gasteiger partial charge in [-0.2, -0.15) is 0 Å². The normalized spacial score (nSPS) is 13.3. The van der Waals surface area contributed by atoms with E-state index in [2.05, 4.69) is 104 Å². The molecule has 458 valence electrons. The number of unbranched alkanes of at least 4 members (excludes halogenated alkanes) is 43. The zero-order chi connectivity index (χ0) is 56.9. The Morgan fingerprint density at radius 3 is 0.886 bits per heavy atom. The molecule has 0 aromatic carbocycles. The van der Waals surface area contributed by atoms with E-state index in [4.69, 9.17) is 0 Å². The van der Waals surface area contributed by atoms with Gasteiger partial charge in [0.05, 0.1) is 18.8 Å². The summed E-state index contributed by atoms with van der Waals surface area (Å²) in [6.45, 7) is 4.21. The topological polar surface area (TPSA) is 69.6 Å². The van der Waals surface area contributed by atoms with Crippen molar-refractivity contribution in [1.29, 1.82) is 0 Å². The quantitative estimate of drug-likeness (QED) is 0.0420. The van der Waals surface area contributed by atoms with Crippen molar-refractivity contribution in [1.82, 2.24) is 5.32 Å². The van der Waals surface area contributed by atoms with Gasteiger partial charge in [-0.25, -0.2) is 0 Å². The van der Waals surface area contributed by atoms with Crippen LogP contribution in [-0.4, -0.2) is 34.9 Å². The first-order valence-corrected chi connectivity index (χ1v) is 35.0. The van der Waals surface area contributed by atoms with E-state index in [1.54, 1.807) is 6.08 Å². The molecule has 2 atom stereocenters. The highest BCUT2D eigenvalue weighted by molar-refractivity contribution is 5.76. The SMILES string of the molecule is CC/C=C\C/C=C\C/C=C\C/C=C\C/C=C\CCCCCCCCCCCCCCCCCCCCCCCCCC(=O)NC(CO)C(O)/C=C/CC/C=C/CC/C=C/CCCCCCCCCCCCCCCCCCCC. The van der Waals surface area contributed by atoms with Gasteiger partial charge >= 0.3 is 0 Å². The fourth-order valence-electron chi connectivity index (χ4n) is 10.5. The third-order valence-corrected chi connectivity index (χ3v) is 15.8. The van der Waals surface area contributed by atoms with Crippen LogP contribution in [0.5, 0.6) is 0 Å². The van der Waals surface area contributed by atoms with E-state index < -0.39 is 12.1 Å². The Morgan fingerprint density at radius 2 is 0.570 bits per heavy atom. The molecule has 79 heavy (non-hydrogen) atoms. The van der Waals surface area contributed by atoms with Crippen molar-refractivity contribution < 1.29 is 15.0 Å². The van der Waals surface area contributed by atoms with E-state index in [-0.39, 0.29) is 12.5 Å². The lowest BCUT2D eigenvalue weighted by molar-refractivity contribution is -0.123. The lowest BCUT2D eigenvalue weighted by atomic mass is 10.0. The molecular weight excluding hydrogens is 963 g/mol. The van der Waals surface area contributed by atoms with E-state index in [0.717, 1.165) is 70.6 Å². The summed E-state index contributed by atoms with van der Waals surface area (Å²) in [5.41, 5.74) is 0. The molecule has 0 aromatic heterocycles. The number of amides is 1. The second-order valence-corrected chi connectivity index (χ2v) is 23.6. The number of aliphatic hydroxyl groups is 2. The summed E-state index contributed by atoms with van der Waals surface area (Å²) in [6.07, 6.45) is 104. The van der Waals surface area contributed by atoms with Crippen LogP contribution in [0.2, 0.25) is 0 Å². The van der Waals surface area contributed by atoms with Gasteiger partial charge in [-0.3, -0.25) is 4.79 Å². The first kappa shape index (κ1) is 76.3. The summed E-state index contributed by atoms with van der Waals surface area (Å²) in [5.74, 6) is -0.0737. The predicted octanol–water partition coefficient (Wildman–Crippen LogP) is 24.0. The van der Waals surface area contributed by atoms with Crippen molar-refractivity contribution in [2.75, 3.05) is 6.61 Å².